The number of nitriles is 1. The molecule has 0 unspecified atom stereocenters. The number of hydrogen-bond acceptors (Lipinski definition) is 8. The molecule has 1 aliphatic heterocycles. The van der Waals surface area contributed by atoms with Crippen molar-refractivity contribution in [3.63, 3.8) is 0 Å². The fraction of sp³-hybridized carbons (Fsp3) is 0.208. The highest BCUT2D eigenvalue weighted by molar-refractivity contribution is 6.32. The molecule has 1 aromatic carbocycles. The monoisotopic (exact) mass is 504 g/mol. The molecule has 5 rings (SSSR count). The van der Waals surface area contributed by atoms with Gasteiger partial charge in [0.15, 0.2) is 17.1 Å². The molecule has 11 nitrogen and oxygen atoms in total. The number of para-hydroxylation sites is 1. The van der Waals surface area contributed by atoms with Crippen molar-refractivity contribution in [3.05, 3.63) is 57.5 Å². The number of nitrogens with one attached hydrogen (secondary N) is 3. The predicted molar refractivity (Wildman–Crippen MR) is 136 cm³/mol. The molecule has 0 saturated carbocycles. The number of carbonyl (C=O) groups is 1. The number of aromatic amines is 1. The van der Waals surface area contributed by atoms with Crippen LogP contribution in [0.3, 0.4) is 0 Å². The molecule has 1 fully saturated rings. The van der Waals surface area contributed by atoms with Crippen molar-refractivity contribution >= 4 is 57.2 Å². The zero-order valence-electron chi connectivity index (χ0n) is 19.4. The summed E-state index contributed by atoms with van der Waals surface area (Å²) in [6.07, 6.45) is 1.20. The number of pyridine rings is 2. The zero-order valence-corrected chi connectivity index (χ0v) is 20.2. The van der Waals surface area contributed by atoms with Gasteiger partial charge in [0.05, 0.1) is 29.2 Å². The third-order valence-electron chi connectivity index (χ3n) is 5.85. The van der Waals surface area contributed by atoms with Crippen molar-refractivity contribution in [3.8, 4) is 11.8 Å². The van der Waals surface area contributed by atoms with E-state index in [0.29, 0.717) is 63.5 Å². The van der Waals surface area contributed by atoms with Gasteiger partial charge >= 0.3 is 0 Å². The van der Waals surface area contributed by atoms with E-state index < -0.39 is 0 Å². The van der Waals surface area contributed by atoms with Gasteiger partial charge in [0.25, 0.3) is 5.56 Å². The fourth-order valence-corrected chi connectivity index (χ4v) is 4.45. The van der Waals surface area contributed by atoms with Crippen molar-refractivity contribution in [1.82, 2.24) is 19.7 Å². The van der Waals surface area contributed by atoms with Crippen molar-refractivity contribution < 1.29 is 9.53 Å². The maximum Gasteiger partial charge on any atom is 0.277 e. The van der Waals surface area contributed by atoms with Crippen molar-refractivity contribution in [1.29, 1.82) is 5.26 Å². The van der Waals surface area contributed by atoms with E-state index in [1.165, 1.54) is 11.8 Å². The predicted octanol–water partition coefficient (Wildman–Crippen LogP) is 3.80. The number of ether oxygens (including phenoxy) is 1. The molecule has 0 spiro atoms. The highest BCUT2D eigenvalue weighted by Crippen LogP contribution is 2.36. The number of carbonyl (C=O) groups excluding carboxylic acids is 1. The number of hydrogen-bond donors (Lipinski definition) is 3. The van der Waals surface area contributed by atoms with Crippen LogP contribution in [0.5, 0.6) is 5.75 Å². The minimum Gasteiger partial charge on any atom is -0.493 e. The summed E-state index contributed by atoms with van der Waals surface area (Å²) < 4.78 is 6.75. The summed E-state index contributed by atoms with van der Waals surface area (Å²) in [5.74, 6) is 1.13. The highest BCUT2D eigenvalue weighted by atomic mass is 35.5. The van der Waals surface area contributed by atoms with Gasteiger partial charge in [-0.2, -0.15) is 5.26 Å². The molecule has 0 aliphatic carbocycles. The van der Waals surface area contributed by atoms with Gasteiger partial charge in [-0.05, 0) is 30.7 Å². The van der Waals surface area contributed by atoms with Crippen LogP contribution in [-0.4, -0.2) is 39.3 Å². The van der Waals surface area contributed by atoms with Gasteiger partial charge in [0.2, 0.25) is 5.91 Å². The molecule has 4 aromatic rings. The van der Waals surface area contributed by atoms with E-state index in [1.54, 1.807) is 48.3 Å². The lowest BCUT2D eigenvalue weighted by atomic mass is 10.2. The largest absolute Gasteiger partial charge is 0.493 e. The quantitative estimate of drug-likeness (QED) is 0.360. The number of methoxy groups -OCH3 is 1. The number of amides is 1. The van der Waals surface area contributed by atoms with E-state index in [2.05, 4.69) is 31.8 Å². The zero-order chi connectivity index (χ0) is 25.4. The van der Waals surface area contributed by atoms with E-state index >= 15 is 0 Å². The van der Waals surface area contributed by atoms with Crippen LogP contribution < -0.4 is 25.8 Å². The third kappa shape index (κ3) is 4.08. The molecule has 3 N–H and O–H groups in total. The molecule has 0 radical (unpaired) electrons. The Bertz CT molecular complexity index is 1600. The normalized spacial score (nSPS) is 13.2. The lowest BCUT2D eigenvalue weighted by molar-refractivity contribution is -0.117. The molecule has 1 amide bonds. The Hall–Kier alpha value is -4.56. The minimum absolute atomic E-state index is 0.0266. The Labute approximate surface area is 210 Å². The molecule has 12 heteroatoms. The first kappa shape index (κ1) is 23.2. The first-order valence-corrected chi connectivity index (χ1v) is 11.4. The lowest BCUT2D eigenvalue weighted by Gasteiger charge is -2.17. The SMILES string of the molecule is COc1c(Cl)cccc1Nc1cc(Nc2ccc(N3CCCC3=O)c(C#N)n2)nc2[nH]n(C)c(=O)c12. The summed E-state index contributed by atoms with van der Waals surface area (Å²) in [5, 5.41) is 19.6. The van der Waals surface area contributed by atoms with E-state index in [-0.39, 0.29) is 17.2 Å². The molecule has 1 saturated heterocycles. The number of fused-ring (bicyclic) bond motifs is 1. The molecule has 182 valence electrons. The minimum atomic E-state index is -0.267. The van der Waals surface area contributed by atoms with Crippen LogP contribution in [0.1, 0.15) is 18.5 Å². The standard InChI is InChI=1S/C24H21ClN8O3/c1-32-24(35)21-15(27-14-6-3-5-13(25)22(14)36-2)11-19(30-23(21)31-32)29-18-9-8-17(16(12-26)28-18)33-10-4-7-20(33)34/h3,5-6,8-9,11H,4,7,10H2,1-2H3,(H3,27,28,29,30,31). The Kier molecular flexibility index (Phi) is 5.95. The van der Waals surface area contributed by atoms with Crippen LogP contribution in [0, 0.1) is 11.3 Å². The third-order valence-corrected chi connectivity index (χ3v) is 6.15. The maximum atomic E-state index is 12.8. The second-order valence-corrected chi connectivity index (χ2v) is 8.56. The van der Waals surface area contributed by atoms with E-state index in [4.69, 9.17) is 16.3 Å². The average Bonchev–Trinajstić information content (AvgIpc) is 3.41. The van der Waals surface area contributed by atoms with E-state index in [1.807, 2.05) is 0 Å². The Morgan fingerprint density at radius 1 is 1.14 bits per heavy atom. The second-order valence-electron chi connectivity index (χ2n) is 8.15. The molecular formula is C24H21ClN8O3. The number of H-pyrrole nitrogens is 1. The Balaban J connectivity index is 1.54. The maximum absolute atomic E-state index is 12.8. The Morgan fingerprint density at radius 3 is 2.69 bits per heavy atom. The van der Waals surface area contributed by atoms with Crippen LogP contribution in [-0.2, 0) is 11.8 Å². The van der Waals surface area contributed by atoms with E-state index in [0.717, 1.165) is 6.42 Å². The fourth-order valence-electron chi connectivity index (χ4n) is 4.20. The summed E-state index contributed by atoms with van der Waals surface area (Å²) in [4.78, 5) is 35.4. The summed E-state index contributed by atoms with van der Waals surface area (Å²) in [6.45, 7) is 0.559. The number of benzene rings is 1. The Morgan fingerprint density at radius 2 is 1.97 bits per heavy atom. The smallest absolute Gasteiger partial charge is 0.277 e. The first-order chi connectivity index (χ1) is 17.4. The lowest BCUT2D eigenvalue weighted by Crippen LogP contribution is -2.25. The van der Waals surface area contributed by atoms with Crippen LogP contribution >= 0.6 is 11.6 Å². The first-order valence-electron chi connectivity index (χ1n) is 11.1. The molecule has 1 aliphatic rings. The average molecular weight is 505 g/mol. The molecule has 0 bridgehead atoms. The summed E-state index contributed by atoms with van der Waals surface area (Å²) in [7, 11) is 3.11. The van der Waals surface area contributed by atoms with Gasteiger partial charge in [-0.1, -0.05) is 17.7 Å². The van der Waals surface area contributed by atoms with Crippen LogP contribution in [0.2, 0.25) is 5.02 Å². The summed E-state index contributed by atoms with van der Waals surface area (Å²) >= 11 is 6.26. The molecule has 0 atom stereocenters. The van der Waals surface area contributed by atoms with Crippen molar-refractivity contribution in [2.45, 2.75) is 12.8 Å². The summed E-state index contributed by atoms with van der Waals surface area (Å²) in [5.41, 5.74) is 1.72. The summed E-state index contributed by atoms with van der Waals surface area (Å²) in [6, 6.07) is 12.3. The van der Waals surface area contributed by atoms with Crippen LogP contribution in [0.15, 0.2) is 41.2 Å². The van der Waals surface area contributed by atoms with Gasteiger partial charge < -0.3 is 20.3 Å². The molecule has 36 heavy (non-hydrogen) atoms. The number of rotatable bonds is 6. The highest BCUT2D eigenvalue weighted by Gasteiger charge is 2.25. The van der Waals surface area contributed by atoms with Crippen LogP contribution in [0.4, 0.5) is 28.7 Å². The van der Waals surface area contributed by atoms with Gasteiger partial charge in [0, 0.05) is 26.1 Å². The molecule has 3 aromatic heterocycles. The number of anilines is 5. The van der Waals surface area contributed by atoms with Crippen molar-refractivity contribution in [2.24, 2.45) is 7.05 Å². The number of aromatic nitrogens is 4. The second kappa shape index (κ2) is 9.24. The topological polar surface area (TPSA) is 141 Å². The number of nitrogens with zero attached hydrogens (tertiary/aromatic N) is 5. The van der Waals surface area contributed by atoms with Gasteiger partial charge in [-0.3, -0.25) is 19.4 Å². The van der Waals surface area contributed by atoms with Gasteiger partial charge in [-0.15, -0.1) is 0 Å². The number of halogens is 1. The van der Waals surface area contributed by atoms with Crippen molar-refractivity contribution in [2.75, 3.05) is 29.2 Å². The van der Waals surface area contributed by atoms with Crippen LogP contribution in [0.25, 0.3) is 11.0 Å². The van der Waals surface area contributed by atoms with E-state index in [9.17, 15) is 14.9 Å². The number of aryl methyl sites for hydroxylation is 1. The molecule has 4 heterocycles. The van der Waals surface area contributed by atoms with Gasteiger partial charge in [0.1, 0.15) is 23.1 Å². The van der Waals surface area contributed by atoms with Gasteiger partial charge in [-0.25, -0.2) is 9.97 Å². The molecular weight excluding hydrogens is 484 g/mol.